The molecule has 2 aliphatic heterocycles. The molecular weight excluding hydrogens is 517 g/mol. The highest BCUT2D eigenvalue weighted by molar-refractivity contribution is 14.1. The van der Waals surface area contributed by atoms with Gasteiger partial charge in [-0.2, -0.15) is 0 Å². The third-order valence-corrected chi connectivity index (χ3v) is 7.82. The molecule has 0 aromatic carbocycles. The summed E-state index contributed by atoms with van der Waals surface area (Å²) in [5.41, 5.74) is -1.33. The fourth-order valence-electron chi connectivity index (χ4n) is 6.23. The topological polar surface area (TPSA) is 102 Å². The zero-order valence-corrected chi connectivity index (χ0v) is 21.0. The van der Waals surface area contributed by atoms with Gasteiger partial charge in [-0.1, -0.05) is 22.6 Å². The van der Waals surface area contributed by atoms with Gasteiger partial charge < -0.3 is 14.2 Å². The summed E-state index contributed by atoms with van der Waals surface area (Å²) >= 11 is 2.01. The molecule has 2 saturated carbocycles. The van der Waals surface area contributed by atoms with Gasteiger partial charge in [0.15, 0.2) is 0 Å². The minimum Gasteiger partial charge on any atom is -0.462 e. The molecule has 0 aromatic rings. The van der Waals surface area contributed by atoms with Crippen molar-refractivity contribution in [2.24, 2.45) is 23.7 Å². The van der Waals surface area contributed by atoms with Crippen LogP contribution >= 0.6 is 22.6 Å². The number of carbonyl (C=O) groups is 3. The van der Waals surface area contributed by atoms with E-state index in [2.05, 4.69) is 0 Å². The van der Waals surface area contributed by atoms with Gasteiger partial charge in [0.05, 0.1) is 11.8 Å². The van der Waals surface area contributed by atoms with E-state index >= 15 is 0 Å². The SMILES string of the molecule is CC(C)(I)C(=O)OC1C2CC3C1OC(=O)C3C2C(=O)OC1CC(C)(C)N([O])C(C)(C)C1. The zero-order valence-electron chi connectivity index (χ0n) is 18.8. The Kier molecular flexibility index (Phi) is 5.45. The number of nitrogens with zero attached hydrogens (tertiary/aromatic N) is 1. The summed E-state index contributed by atoms with van der Waals surface area (Å²) in [7, 11) is 0. The molecule has 9 heteroatoms. The Labute approximate surface area is 196 Å². The van der Waals surface area contributed by atoms with E-state index in [0.29, 0.717) is 19.3 Å². The smallest absolute Gasteiger partial charge is 0.321 e. The normalized spacial score (nSPS) is 38.8. The van der Waals surface area contributed by atoms with Crippen molar-refractivity contribution in [3.8, 4) is 0 Å². The summed E-state index contributed by atoms with van der Waals surface area (Å²) in [6.07, 6.45) is -0.0587. The number of alkyl halides is 1. The lowest BCUT2D eigenvalue weighted by atomic mass is 9.77. The van der Waals surface area contributed by atoms with E-state index < -0.39 is 56.6 Å². The van der Waals surface area contributed by atoms with E-state index in [1.165, 1.54) is 0 Å². The largest absolute Gasteiger partial charge is 0.462 e. The molecule has 8 nitrogen and oxygen atoms in total. The van der Waals surface area contributed by atoms with Crippen LogP contribution in [0.3, 0.4) is 0 Å². The van der Waals surface area contributed by atoms with E-state index in [4.69, 9.17) is 14.2 Å². The van der Waals surface area contributed by atoms with Crippen LogP contribution in [0.25, 0.3) is 0 Å². The lowest BCUT2D eigenvalue weighted by Crippen LogP contribution is -2.60. The second-order valence-corrected chi connectivity index (χ2v) is 13.9. The van der Waals surface area contributed by atoms with Gasteiger partial charge >= 0.3 is 17.9 Å². The Morgan fingerprint density at radius 2 is 1.68 bits per heavy atom. The average Bonchev–Trinajstić information content (AvgIpc) is 3.21. The summed E-state index contributed by atoms with van der Waals surface area (Å²) in [6.45, 7) is 10.9. The Morgan fingerprint density at radius 1 is 1.10 bits per heavy atom. The van der Waals surface area contributed by atoms with Crippen molar-refractivity contribution in [1.29, 1.82) is 0 Å². The van der Waals surface area contributed by atoms with Crippen LogP contribution in [-0.2, 0) is 33.8 Å². The minimum atomic E-state index is -0.721. The second-order valence-electron chi connectivity index (χ2n) is 11.2. The van der Waals surface area contributed by atoms with Gasteiger partial charge in [-0.15, -0.1) is 10.3 Å². The van der Waals surface area contributed by atoms with Crippen LogP contribution in [-0.4, -0.2) is 55.8 Å². The van der Waals surface area contributed by atoms with E-state index in [0.717, 1.165) is 5.06 Å². The van der Waals surface area contributed by atoms with E-state index in [1.807, 2.05) is 50.3 Å². The Bertz CT molecular complexity index is 786. The molecule has 6 unspecified atom stereocenters. The third kappa shape index (κ3) is 3.78. The monoisotopic (exact) mass is 548 g/mol. The molecule has 0 spiro atoms. The Hall–Kier alpha value is -0.940. The van der Waals surface area contributed by atoms with E-state index in [-0.39, 0.29) is 17.8 Å². The molecule has 0 aromatic heterocycles. The van der Waals surface area contributed by atoms with Gasteiger partial charge in [0.25, 0.3) is 0 Å². The highest BCUT2D eigenvalue weighted by Gasteiger charge is 2.70. The Balaban J connectivity index is 1.52. The number of fused-ring (bicyclic) bond motifs is 1. The highest BCUT2D eigenvalue weighted by atomic mass is 127. The summed E-state index contributed by atoms with van der Waals surface area (Å²) in [5.74, 6) is -2.86. The van der Waals surface area contributed by atoms with Crippen molar-refractivity contribution >= 4 is 40.5 Å². The number of carbonyl (C=O) groups excluding carboxylic acids is 3. The molecular formula is C22H31INO7. The molecule has 6 atom stereocenters. The van der Waals surface area contributed by atoms with E-state index in [1.54, 1.807) is 13.8 Å². The first-order valence-corrected chi connectivity index (χ1v) is 12.0. The number of esters is 3. The number of hydrogen-bond donors (Lipinski definition) is 0. The molecule has 0 N–H and O–H groups in total. The van der Waals surface area contributed by atoms with Crippen molar-refractivity contribution in [2.75, 3.05) is 0 Å². The van der Waals surface area contributed by atoms with Crippen LogP contribution < -0.4 is 0 Å². The van der Waals surface area contributed by atoms with Gasteiger partial charge in [0, 0.05) is 35.8 Å². The highest BCUT2D eigenvalue weighted by Crippen LogP contribution is 2.59. The van der Waals surface area contributed by atoms with Gasteiger partial charge in [-0.25, -0.2) is 0 Å². The van der Waals surface area contributed by atoms with Crippen LogP contribution in [0.2, 0.25) is 0 Å². The molecule has 4 aliphatic rings. The van der Waals surface area contributed by atoms with Gasteiger partial charge in [-0.05, 0) is 48.0 Å². The number of hydroxylamine groups is 2. The van der Waals surface area contributed by atoms with E-state index in [9.17, 15) is 19.6 Å². The van der Waals surface area contributed by atoms with Gasteiger partial charge in [-0.3, -0.25) is 14.4 Å². The number of hydrogen-bond acceptors (Lipinski definition) is 7. The molecule has 4 rings (SSSR count). The summed E-state index contributed by atoms with van der Waals surface area (Å²) in [6, 6.07) is 0. The molecule has 4 fully saturated rings. The molecule has 2 aliphatic carbocycles. The van der Waals surface area contributed by atoms with Crippen molar-refractivity contribution in [3.05, 3.63) is 0 Å². The first-order chi connectivity index (χ1) is 14.1. The van der Waals surface area contributed by atoms with Crippen LogP contribution in [0.4, 0.5) is 0 Å². The maximum atomic E-state index is 13.3. The maximum Gasteiger partial charge on any atom is 0.321 e. The van der Waals surface area contributed by atoms with Gasteiger partial charge in [0.2, 0.25) is 0 Å². The van der Waals surface area contributed by atoms with Crippen molar-refractivity contribution in [3.63, 3.8) is 0 Å². The predicted octanol–water partition coefficient (Wildman–Crippen LogP) is 2.83. The quantitative estimate of drug-likeness (QED) is 0.231. The number of halogens is 1. The molecule has 2 heterocycles. The molecule has 2 bridgehead atoms. The maximum absolute atomic E-state index is 13.3. The summed E-state index contributed by atoms with van der Waals surface area (Å²) in [4.78, 5) is 38.4. The van der Waals surface area contributed by atoms with Gasteiger partial charge in [0.1, 0.15) is 21.7 Å². The van der Waals surface area contributed by atoms with Crippen LogP contribution in [0.15, 0.2) is 0 Å². The second kappa shape index (κ2) is 7.28. The molecule has 173 valence electrons. The third-order valence-electron chi connectivity index (χ3n) is 7.38. The van der Waals surface area contributed by atoms with Crippen LogP contribution in [0.5, 0.6) is 0 Å². The standard InChI is InChI=1S/C22H31INO7/c1-20(2)8-10(9-21(3,4)24(20)28)29-17(25)13-12-7-11-14(13)18(26)30-15(11)16(12)31-19(27)22(5,6)23/h10-16H,7-9H2,1-6H3. The van der Waals surface area contributed by atoms with Crippen molar-refractivity contribution in [2.45, 2.75) is 93.6 Å². The molecule has 2 saturated heterocycles. The lowest BCUT2D eigenvalue weighted by Gasteiger charge is -2.49. The van der Waals surface area contributed by atoms with Crippen molar-refractivity contribution < 1.29 is 33.8 Å². The molecule has 31 heavy (non-hydrogen) atoms. The van der Waals surface area contributed by atoms with Crippen LogP contribution in [0, 0.1) is 23.7 Å². The number of ether oxygens (including phenoxy) is 3. The Morgan fingerprint density at radius 3 is 2.23 bits per heavy atom. The van der Waals surface area contributed by atoms with Crippen molar-refractivity contribution in [1.82, 2.24) is 5.06 Å². The average molecular weight is 548 g/mol. The number of piperidine rings is 1. The fraction of sp³-hybridized carbons (Fsp3) is 0.864. The number of rotatable bonds is 4. The minimum absolute atomic E-state index is 0.124. The fourth-order valence-corrected chi connectivity index (χ4v) is 6.36. The molecule has 0 amide bonds. The summed E-state index contributed by atoms with van der Waals surface area (Å²) in [5, 5.41) is 13.7. The predicted molar refractivity (Wildman–Crippen MR) is 116 cm³/mol. The first kappa shape index (κ1) is 23.2. The summed E-state index contributed by atoms with van der Waals surface area (Å²) < 4.78 is 16.5. The lowest BCUT2D eigenvalue weighted by molar-refractivity contribution is -0.299. The van der Waals surface area contributed by atoms with Crippen LogP contribution in [0.1, 0.15) is 60.8 Å². The molecule has 1 radical (unpaired) electrons. The zero-order chi connectivity index (χ0) is 23.1. The first-order valence-electron chi connectivity index (χ1n) is 10.9.